The minimum absolute atomic E-state index is 0.00145. The zero-order valence-electron chi connectivity index (χ0n) is 15.8. The van der Waals surface area contributed by atoms with Gasteiger partial charge < -0.3 is 5.32 Å². The van der Waals surface area contributed by atoms with E-state index in [4.69, 9.17) is 0 Å². The van der Waals surface area contributed by atoms with Gasteiger partial charge in [0, 0.05) is 17.1 Å². The predicted molar refractivity (Wildman–Crippen MR) is 107 cm³/mol. The van der Waals surface area contributed by atoms with Gasteiger partial charge >= 0.3 is 6.18 Å². The minimum atomic E-state index is -4.48. The van der Waals surface area contributed by atoms with E-state index in [0.717, 1.165) is 27.5 Å². The summed E-state index contributed by atoms with van der Waals surface area (Å²) in [7, 11) is 0. The number of alkyl halides is 3. The first-order valence-corrected chi connectivity index (χ1v) is 9.97. The van der Waals surface area contributed by atoms with Crippen molar-refractivity contribution in [2.75, 3.05) is 0 Å². The maximum atomic E-state index is 12.9. The number of carbonyl (C=O) groups is 1. The summed E-state index contributed by atoms with van der Waals surface area (Å²) in [6.07, 6.45) is -2.82. The van der Waals surface area contributed by atoms with E-state index in [9.17, 15) is 18.0 Å². The molecule has 4 aromatic rings. The summed E-state index contributed by atoms with van der Waals surface area (Å²) in [5, 5.41) is 17.0. The molecule has 0 radical (unpaired) electrons. The fourth-order valence-electron chi connectivity index (χ4n) is 2.91. The first-order valence-electron chi connectivity index (χ1n) is 9.09. The quantitative estimate of drug-likeness (QED) is 0.490. The number of rotatable bonds is 6. The van der Waals surface area contributed by atoms with E-state index in [1.54, 1.807) is 6.20 Å². The van der Waals surface area contributed by atoms with Crippen LogP contribution in [-0.4, -0.2) is 31.1 Å². The van der Waals surface area contributed by atoms with Crippen molar-refractivity contribution in [1.29, 1.82) is 0 Å². The second-order valence-corrected chi connectivity index (χ2v) is 7.43. The number of nitrogens with zero attached hydrogens (tertiary/aromatic N) is 5. The molecule has 0 bridgehead atoms. The van der Waals surface area contributed by atoms with Gasteiger partial charge in [-0.1, -0.05) is 42.5 Å². The van der Waals surface area contributed by atoms with Crippen molar-refractivity contribution < 1.29 is 18.0 Å². The molecule has 0 spiro atoms. The molecule has 1 atom stereocenters. The van der Waals surface area contributed by atoms with E-state index < -0.39 is 23.7 Å². The standard InChI is InChI=1S/C20H15F3N6OS/c21-20(22,23)15-8-4-7-14(11-15)18-26-28-29(27-18)12-16(30)25-17(19-24-9-10-31-19)13-5-2-1-3-6-13/h1-11,17H,12H2,(H,25,30). The van der Waals surface area contributed by atoms with Crippen LogP contribution in [0, 0.1) is 0 Å². The number of nitrogens with one attached hydrogen (secondary N) is 1. The maximum absolute atomic E-state index is 12.9. The highest BCUT2D eigenvalue weighted by atomic mass is 32.1. The van der Waals surface area contributed by atoms with Crippen LogP contribution in [-0.2, 0) is 17.5 Å². The van der Waals surface area contributed by atoms with E-state index in [0.29, 0.717) is 0 Å². The SMILES string of the molecule is O=C(Cn1nnc(-c2cccc(C(F)(F)F)c2)n1)NC(c1ccccc1)c1nccs1. The van der Waals surface area contributed by atoms with Gasteiger partial charge in [-0.3, -0.25) is 4.79 Å². The lowest BCUT2D eigenvalue weighted by molar-refractivity contribution is -0.137. The molecule has 0 saturated heterocycles. The zero-order valence-corrected chi connectivity index (χ0v) is 16.6. The molecule has 0 fully saturated rings. The first kappa shape index (κ1) is 20.7. The van der Waals surface area contributed by atoms with Crippen LogP contribution in [0.4, 0.5) is 13.2 Å². The first-order chi connectivity index (χ1) is 14.9. The van der Waals surface area contributed by atoms with Crippen LogP contribution in [0.3, 0.4) is 0 Å². The Hall–Kier alpha value is -3.60. The van der Waals surface area contributed by atoms with Crippen molar-refractivity contribution >= 4 is 17.2 Å². The number of hydrogen-bond acceptors (Lipinski definition) is 6. The molecule has 2 aromatic carbocycles. The fourth-order valence-corrected chi connectivity index (χ4v) is 3.62. The highest BCUT2D eigenvalue weighted by Crippen LogP contribution is 2.31. The Morgan fingerprint density at radius 2 is 1.94 bits per heavy atom. The Bertz CT molecular complexity index is 1160. The molecule has 11 heteroatoms. The topological polar surface area (TPSA) is 85.6 Å². The van der Waals surface area contributed by atoms with Crippen LogP contribution in [0.2, 0.25) is 0 Å². The second-order valence-electron chi connectivity index (χ2n) is 6.50. The lowest BCUT2D eigenvalue weighted by Crippen LogP contribution is -2.32. The Kier molecular flexibility index (Phi) is 5.76. The van der Waals surface area contributed by atoms with Gasteiger partial charge in [-0.05, 0) is 22.9 Å². The Morgan fingerprint density at radius 3 is 2.65 bits per heavy atom. The average Bonchev–Trinajstić information content (AvgIpc) is 3.45. The van der Waals surface area contributed by atoms with Gasteiger partial charge in [0.05, 0.1) is 5.56 Å². The van der Waals surface area contributed by atoms with E-state index in [1.165, 1.54) is 23.5 Å². The van der Waals surface area contributed by atoms with Crippen LogP contribution < -0.4 is 5.32 Å². The summed E-state index contributed by atoms with van der Waals surface area (Å²) in [6.45, 7) is -0.249. The number of carbonyl (C=O) groups excluding carboxylic acids is 1. The van der Waals surface area contributed by atoms with Crippen molar-refractivity contribution in [3.8, 4) is 11.4 Å². The number of tetrazole rings is 1. The normalized spacial score (nSPS) is 12.5. The lowest BCUT2D eigenvalue weighted by Gasteiger charge is -2.16. The van der Waals surface area contributed by atoms with E-state index in [1.807, 2.05) is 35.7 Å². The molecule has 2 heterocycles. The second kappa shape index (κ2) is 8.64. The molecule has 0 aliphatic carbocycles. The number of amides is 1. The number of halogens is 3. The van der Waals surface area contributed by atoms with Crippen molar-refractivity contribution in [3.63, 3.8) is 0 Å². The van der Waals surface area contributed by atoms with Gasteiger partial charge in [-0.25, -0.2) is 4.98 Å². The molecule has 1 amide bonds. The van der Waals surface area contributed by atoms with Gasteiger partial charge in [-0.2, -0.15) is 18.0 Å². The van der Waals surface area contributed by atoms with Crippen LogP contribution in [0.5, 0.6) is 0 Å². The summed E-state index contributed by atoms with van der Waals surface area (Å²) >= 11 is 1.41. The molecule has 7 nitrogen and oxygen atoms in total. The number of thiazole rings is 1. The van der Waals surface area contributed by atoms with Crippen LogP contribution >= 0.6 is 11.3 Å². The third kappa shape index (κ3) is 4.94. The lowest BCUT2D eigenvalue weighted by atomic mass is 10.1. The summed E-state index contributed by atoms with van der Waals surface area (Å²) in [5.74, 6) is -0.393. The fraction of sp³-hybridized carbons (Fsp3) is 0.150. The number of aromatic nitrogens is 5. The Morgan fingerprint density at radius 1 is 1.13 bits per heavy atom. The van der Waals surface area contributed by atoms with Crippen molar-refractivity contribution in [3.05, 3.63) is 82.3 Å². The highest BCUT2D eigenvalue weighted by Gasteiger charge is 2.30. The third-order valence-electron chi connectivity index (χ3n) is 4.32. The predicted octanol–water partition coefficient (Wildman–Crippen LogP) is 3.72. The molecule has 0 aliphatic rings. The zero-order chi connectivity index (χ0) is 21.8. The molecular weight excluding hydrogens is 429 g/mol. The summed E-state index contributed by atoms with van der Waals surface area (Å²) in [4.78, 5) is 17.9. The largest absolute Gasteiger partial charge is 0.416 e. The van der Waals surface area contributed by atoms with Gasteiger partial charge in [0.15, 0.2) is 0 Å². The van der Waals surface area contributed by atoms with Crippen LogP contribution in [0.1, 0.15) is 22.2 Å². The molecule has 158 valence electrons. The van der Waals surface area contributed by atoms with Crippen LogP contribution in [0.15, 0.2) is 66.2 Å². The molecule has 1 N–H and O–H groups in total. The Balaban J connectivity index is 1.49. The molecule has 0 saturated carbocycles. The maximum Gasteiger partial charge on any atom is 0.416 e. The number of benzene rings is 2. The van der Waals surface area contributed by atoms with E-state index >= 15 is 0 Å². The third-order valence-corrected chi connectivity index (χ3v) is 5.16. The van der Waals surface area contributed by atoms with Gasteiger partial charge in [0.2, 0.25) is 11.7 Å². The van der Waals surface area contributed by atoms with Crippen molar-refractivity contribution in [2.24, 2.45) is 0 Å². The molecule has 1 unspecified atom stereocenters. The van der Waals surface area contributed by atoms with Crippen molar-refractivity contribution in [1.82, 2.24) is 30.5 Å². The molecule has 2 aromatic heterocycles. The summed E-state index contributed by atoms with van der Waals surface area (Å²) in [5.41, 5.74) is 0.210. The Labute approximate surface area is 178 Å². The summed E-state index contributed by atoms with van der Waals surface area (Å²) < 4.78 is 38.8. The van der Waals surface area contributed by atoms with Crippen molar-refractivity contribution in [2.45, 2.75) is 18.8 Å². The van der Waals surface area contributed by atoms with Crippen LogP contribution in [0.25, 0.3) is 11.4 Å². The van der Waals surface area contributed by atoms with Gasteiger partial charge in [-0.15, -0.1) is 21.5 Å². The smallest absolute Gasteiger partial charge is 0.341 e. The average molecular weight is 444 g/mol. The van der Waals surface area contributed by atoms with Gasteiger partial charge in [0.25, 0.3) is 0 Å². The highest BCUT2D eigenvalue weighted by molar-refractivity contribution is 7.09. The van der Waals surface area contributed by atoms with E-state index in [-0.39, 0.29) is 17.9 Å². The monoisotopic (exact) mass is 444 g/mol. The number of hydrogen-bond donors (Lipinski definition) is 1. The molecule has 0 aliphatic heterocycles. The van der Waals surface area contributed by atoms with E-state index in [2.05, 4.69) is 25.7 Å². The molecule has 31 heavy (non-hydrogen) atoms. The molecule has 4 rings (SSSR count). The van der Waals surface area contributed by atoms with Gasteiger partial charge in [0.1, 0.15) is 17.6 Å². The minimum Gasteiger partial charge on any atom is -0.341 e. The molecular formula is C20H15F3N6OS. The summed E-state index contributed by atoms with van der Waals surface area (Å²) in [6, 6.07) is 13.5.